The average molecular weight is 223 g/mol. The first-order chi connectivity index (χ1) is 7.45. The van der Waals surface area contributed by atoms with Crippen molar-refractivity contribution in [3.05, 3.63) is 23.8 Å². The summed E-state index contributed by atoms with van der Waals surface area (Å²) < 4.78 is 10.4. The molecular formula is C13H21NO2. The maximum Gasteiger partial charge on any atom is 0.121 e. The first-order valence-electron chi connectivity index (χ1n) is 5.47. The lowest BCUT2D eigenvalue weighted by molar-refractivity contribution is 0.146. The van der Waals surface area contributed by atoms with Gasteiger partial charge < -0.3 is 15.2 Å². The first kappa shape index (κ1) is 12.8. The van der Waals surface area contributed by atoms with Crippen LogP contribution in [0.25, 0.3) is 0 Å². The van der Waals surface area contributed by atoms with Crippen LogP contribution in [-0.2, 0) is 10.2 Å². The molecule has 0 atom stereocenters. The minimum Gasteiger partial charge on any atom is -0.491 e. The minimum absolute atomic E-state index is 0.0646. The van der Waals surface area contributed by atoms with Gasteiger partial charge in [-0.2, -0.15) is 0 Å². The maximum atomic E-state index is 6.00. The van der Waals surface area contributed by atoms with Crippen LogP contribution in [0.4, 0.5) is 5.69 Å². The normalized spacial score (nSPS) is 11.5. The van der Waals surface area contributed by atoms with Crippen LogP contribution in [0.1, 0.15) is 26.3 Å². The molecule has 0 bridgehead atoms. The summed E-state index contributed by atoms with van der Waals surface area (Å²) in [7, 11) is 1.65. The lowest BCUT2D eigenvalue weighted by Gasteiger charge is -2.21. The molecule has 1 aromatic carbocycles. The van der Waals surface area contributed by atoms with Crippen LogP contribution in [0, 0.1) is 0 Å². The van der Waals surface area contributed by atoms with Crippen molar-refractivity contribution in [3.63, 3.8) is 0 Å². The molecular weight excluding hydrogens is 202 g/mol. The Bertz CT molecular complexity index is 342. The maximum absolute atomic E-state index is 6.00. The highest BCUT2D eigenvalue weighted by atomic mass is 16.5. The molecule has 16 heavy (non-hydrogen) atoms. The minimum atomic E-state index is 0.0646. The van der Waals surface area contributed by atoms with Crippen molar-refractivity contribution in [1.29, 1.82) is 0 Å². The molecule has 1 rings (SSSR count). The number of hydrogen-bond donors (Lipinski definition) is 1. The number of benzene rings is 1. The molecule has 2 N–H and O–H groups in total. The largest absolute Gasteiger partial charge is 0.491 e. The van der Waals surface area contributed by atoms with Gasteiger partial charge in [0.05, 0.1) is 6.61 Å². The SMILES string of the molecule is COCCOc1ccc(C(C)(C)C)c(N)c1. The van der Waals surface area contributed by atoms with Gasteiger partial charge in [-0.05, 0) is 17.0 Å². The molecule has 0 aliphatic heterocycles. The molecule has 0 unspecified atom stereocenters. The van der Waals surface area contributed by atoms with Crippen molar-refractivity contribution in [2.75, 3.05) is 26.1 Å². The van der Waals surface area contributed by atoms with Crippen LogP contribution < -0.4 is 10.5 Å². The molecule has 0 radical (unpaired) electrons. The lowest BCUT2D eigenvalue weighted by Crippen LogP contribution is -2.14. The van der Waals surface area contributed by atoms with Crippen LogP contribution >= 0.6 is 0 Å². The van der Waals surface area contributed by atoms with Crippen LogP contribution in [-0.4, -0.2) is 20.3 Å². The molecule has 0 amide bonds. The molecule has 0 aliphatic carbocycles. The zero-order valence-corrected chi connectivity index (χ0v) is 10.5. The van der Waals surface area contributed by atoms with Crippen LogP contribution in [0.2, 0.25) is 0 Å². The van der Waals surface area contributed by atoms with E-state index in [-0.39, 0.29) is 5.41 Å². The van der Waals surface area contributed by atoms with Crippen LogP contribution in [0.3, 0.4) is 0 Å². The monoisotopic (exact) mass is 223 g/mol. The van der Waals surface area contributed by atoms with E-state index < -0.39 is 0 Å². The number of anilines is 1. The molecule has 0 aromatic heterocycles. The van der Waals surface area contributed by atoms with Crippen molar-refractivity contribution in [3.8, 4) is 5.75 Å². The highest BCUT2D eigenvalue weighted by Gasteiger charge is 2.16. The predicted octanol–water partition coefficient (Wildman–Crippen LogP) is 2.59. The fourth-order valence-electron chi connectivity index (χ4n) is 1.56. The van der Waals surface area contributed by atoms with Gasteiger partial charge in [0.25, 0.3) is 0 Å². The summed E-state index contributed by atoms with van der Waals surface area (Å²) in [6, 6.07) is 5.85. The third-order valence-corrected chi connectivity index (χ3v) is 2.39. The van der Waals surface area contributed by atoms with Crippen molar-refractivity contribution in [2.45, 2.75) is 26.2 Å². The molecule has 3 nitrogen and oxygen atoms in total. The summed E-state index contributed by atoms with van der Waals surface area (Å²) in [5, 5.41) is 0. The number of nitrogens with two attached hydrogens (primary N) is 1. The Kier molecular flexibility index (Phi) is 4.19. The zero-order valence-electron chi connectivity index (χ0n) is 10.5. The van der Waals surface area contributed by atoms with E-state index in [1.54, 1.807) is 7.11 Å². The topological polar surface area (TPSA) is 44.5 Å². The molecule has 0 heterocycles. The molecule has 0 saturated heterocycles. The van der Waals surface area contributed by atoms with Gasteiger partial charge in [0.1, 0.15) is 12.4 Å². The van der Waals surface area contributed by atoms with Gasteiger partial charge >= 0.3 is 0 Å². The summed E-state index contributed by atoms with van der Waals surface area (Å²) in [5.74, 6) is 0.794. The predicted molar refractivity (Wildman–Crippen MR) is 66.9 cm³/mol. The highest BCUT2D eigenvalue weighted by Crippen LogP contribution is 2.30. The average Bonchev–Trinajstić information content (AvgIpc) is 2.16. The Hall–Kier alpha value is -1.22. The molecule has 0 spiro atoms. The molecule has 0 fully saturated rings. The van der Waals surface area contributed by atoms with Crippen molar-refractivity contribution >= 4 is 5.69 Å². The Morgan fingerprint density at radius 1 is 1.19 bits per heavy atom. The summed E-state index contributed by atoms with van der Waals surface area (Å²) >= 11 is 0. The molecule has 90 valence electrons. The summed E-state index contributed by atoms with van der Waals surface area (Å²) in [6.07, 6.45) is 0. The number of rotatable bonds is 4. The molecule has 1 aromatic rings. The van der Waals surface area contributed by atoms with Gasteiger partial charge in [-0.3, -0.25) is 0 Å². The second-order valence-electron chi connectivity index (χ2n) is 4.84. The van der Waals surface area contributed by atoms with Crippen LogP contribution in [0.15, 0.2) is 18.2 Å². The summed E-state index contributed by atoms with van der Waals surface area (Å²) in [5.41, 5.74) is 7.99. The number of ether oxygens (including phenoxy) is 2. The second kappa shape index (κ2) is 5.21. The lowest BCUT2D eigenvalue weighted by atomic mass is 9.86. The fourth-order valence-corrected chi connectivity index (χ4v) is 1.56. The van der Waals surface area contributed by atoms with E-state index in [1.807, 2.05) is 18.2 Å². The van der Waals surface area contributed by atoms with E-state index in [0.717, 1.165) is 17.0 Å². The van der Waals surface area contributed by atoms with Crippen molar-refractivity contribution < 1.29 is 9.47 Å². The third kappa shape index (κ3) is 3.42. The van der Waals surface area contributed by atoms with Gasteiger partial charge in [0, 0.05) is 18.9 Å². The Morgan fingerprint density at radius 3 is 2.38 bits per heavy atom. The van der Waals surface area contributed by atoms with E-state index in [1.165, 1.54) is 0 Å². The van der Waals surface area contributed by atoms with E-state index in [9.17, 15) is 0 Å². The van der Waals surface area contributed by atoms with E-state index >= 15 is 0 Å². The van der Waals surface area contributed by atoms with Crippen molar-refractivity contribution in [2.24, 2.45) is 0 Å². The standard InChI is InChI=1S/C13H21NO2/c1-13(2,3)11-6-5-10(9-12(11)14)16-8-7-15-4/h5-6,9H,7-8,14H2,1-4H3. The number of nitrogen functional groups attached to an aromatic ring is 1. The Morgan fingerprint density at radius 2 is 1.88 bits per heavy atom. The zero-order chi connectivity index (χ0) is 12.2. The van der Waals surface area contributed by atoms with Gasteiger partial charge in [-0.1, -0.05) is 26.8 Å². The van der Waals surface area contributed by atoms with Gasteiger partial charge in [-0.15, -0.1) is 0 Å². The van der Waals surface area contributed by atoms with Crippen LogP contribution in [0.5, 0.6) is 5.75 Å². The summed E-state index contributed by atoms with van der Waals surface area (Å²) in [6.45, 7) is 7.56. The van der Waals surface area contributed by atoms with E-state index in [0.29, 0.717) is 13.2 Å². The number of methoxy groups -OCH3 is 1. The number of hydrogen-bond acceptors (Lipinski definition) is 3. The van der Waals surface area contributed by atoms with Crippen molar-refractivity contribution in [1.82, 2.24) is 0 Å². The molecule has 0 aliphatic rings. The highest BCUT2D eigenvalue weighted by molar-refractivity contribution is 5.54. The van der Waals surface area contributed by atoms with Gasteiger partial charge in [0.15, 0.2) is 0 Å². The smallest absolute Gasteiger partial charge is 0.121 e. The molecule has 0 saturated carbocycles. The van der Waals surface area contributed by atoms with E-state index in [2.05, 4.69) is 20.8 Å². The first-order valence-corrected chi connectivity index (χ1v) is 5.47. The Labute approximate surface area is 97.6 Å². The third-order valence-electron chi connectivity index (χ3n) is 2.39. The van der Waals surface area contributed by atoms with E-state index in [4.69, 9.17) is 15.2 Å². The van der Waals surface area contributed by atoms with Gasteiger partial charge in [0.2, 0.25) is 0 Å². The fraction of sp³-hybridized carbons (Fsp3) is 0.538. The summed E-state index contributed by atoms with van der Waals surface area (Å²) in [4.78, 5) is 0. The molecule has 3 heteroatoms. The second-order valence-corrected chi connectivity index (χ2v) is 4.84. The Balaban J connectivity index is 2.75. The van der Waals surface area contributed by atoms with Gasteiger partial charge in [-0.25, -0.2) is 0 Å². The quantitative estimate of drug-likeness (QED) is 0.630.